The first-order valence-electron chi connectivity index (χ1n) is 9.56. The molecule has 7 nitrogen and oxygen atoms in total. The second-order valence-electron chi connectivity index (χ2n) is 7.21. The third-order valence-corrected chi connectivity index (χ3v) is 5.28. The lowest BCUT2D eigenvalue weighted by molar-refractivity contribution is -0.137. The number of fused-ring (bicyclic) bond motifs is 1. The van der Waals surface area contributed by atoms with Crippen LogP contribution in [0.15, 0.2) is 29.1 Å². The molecule has 0 radical (unpaired) electrons. The van der Waals surface area contributed by atoms with Gasteiger partial charge in [0, 0.05) is 25.2 Å². The van der Waals surface area contributed by atoms with E-state index in [2.05, 4.69) is 15.0 Å². The van der Waals surface area contributed by atoms with E-state index in [0.29, 0.717) is 32.0 Å². The lowest BCUT2D eigenvalue weighted by Crippen LogP contribution is -2.38. The Kier molecular flexibility index (Phi) is 5.29. The first kappa shape index (κ1) is 20.4. The number of ether oxygens (including phenoxy) is 1. The van der Waals surface area contributed by atoms with E-state index in [0.717, 1.165) is 19.2 Å². The van der Waals surface area contributed by atoms with Gasteiger partial charge in [-0.25, -0.2) is 4.68 Å². The number of rotatable bonds is 4. The van der Waals surface area contributed by atoms with Gasteiger partial charge < -0.3 is 14.8 Å². The largest absolute Gasteiger partial charge is 0.503 e. The Morgan fingerprint density at radius 1 is 1.20 bits per heavy atom. The number of aryl methyl sites for hydroxylation is 1. The molecule has 1 saturated heterocycles. The number of H-pyrrole nitrogens is 1. The Morgan fingerprint density at radius 3 is 2.60 bits per heavy atom. The van der Waals surface area contributed by atoms with Crippen LogP contribution in [-0.2, 0) is 17.5 Å². The molecule has 3 heterocycles. The van der Waals surface area contributed by atoms with Gasteiger partial charge in [0.2, 0.25) is 5.43 Å². The monoisotopic (exact) mass is 422 g/mol. The Balaban J connectivity index is 1.81. The number of morpholine rings is 1. The lowest BCUT2D eigenvalue weighted by atomic mass is 10.0. The molecule has 1 aromatic carbocycles. The average Bonchev–Trinajstić information content (AvgIpc) is 3.04. The van der Waals surface area contributed by atoms with Crippen molar-refractivity contribution in [1.82, 2.24) is 19.7 Å². The summed E-state index contributed by atoms with van der Waals surface area (Å²) in [4.78, 5) is 17.8. The van der Waals surface area contributed by atoms with Crippen molar-refractivity contribution in [2.45, 2.75) is 19.6 Å². The molecule has 160 valence electrons. The van der Waals surface area contributed by atoms with Crippen molar-refractivity contribution in [1.29, 1.82) is 0 Å². The summed E-state index contributed by atoms with van der Waals surface area (Å²) >= 11 is 0. The minimum absolute atomic E-state index is 0.169. The Morgan fingerprint density at radius 2 is 1.90 bits per heavy atom. The normalized spacial score (nSPS) is 15.7. The summed E-state index contributed by atoms with van der Waals surface area (Å²) in [6, 6.07) is 4.82. The lowest BCUT2D eigenvalue weighted by Gasteiger charge is -2.26. The number of halogens is 3. The smallest absolute Gasteiger partial charge is 0.417 e. The predicted octanol–water partition coefficient (Wildman–Crippen LogP) is 2.76. The van der Waals surface area contributed by atoms with Gasteiger partial charge in [-0.2, -0.15) is 18.3 Å². The van der Waals surface area contributed by atoms with Gasteiger partial charge in [-0.15, -0.1) is 0 Å². The molecule has 2 N–H and O–H groups in total. The Hall–Kier alpha value is -2.85. The SMILES string of the molecule is Cc1nn(CCN2CCOCC2)c2[nH]c(-c3ccccc3C(F)(F)F)c(O)c(=O)c12. The highest BCUT2D eigenvalue weighted by atomic mass is 19.4. The summed E-state index contributed by atoms with van der Waals surface area (Å²) < 4.78 is 47.3. The van der Waals surface area contributed by atoms with Gasteiger partial charge in [-0.1, -0.05) is 18.2 Å². The summed E-state index contributed by atoms with van der Waals surface area (Å²) in [5.74, 6) is -0.755. The van der Waals surface area contributed by atoms with Gasteiger partial charge >= 0.3 is 6.18 Å². The standard InChI is InChI=1S/C20H21F3N4O3/c1-12-15-17(28)18(29)16(13-4-2-3-5-14(13)20(21,22)23)24-19(15)27(25-12)7-6-26-8-10-30-11-9-26/h2-5,29H,6-11H2,1H3,(H,24,28). The number of nitrogens with zero attached hydrogens (tertiary/aromatic N) is 3. The fourth-order valence-electron chi connectivity index (χ4n) is 3.76. The molecule has 0 bridgehead atoms. The highest BCUT2D eigenvalue weighted by Gasteiger charge is 2.34. The number of nitrogens with one attached hydrogen (secondary N) is 1. The average molecular weight is 422 g/mol. The van der Waals surface area contributed by atoms with E-state index in [4.69, 9.17) is 4.74 Å². The first-order chi connectivity index (χ1) is 14.3. The number of hydrogen-bond donors (Lipinski definition) is 2. The van der Waals surface area contributed by atoms with Crippen LogP contribution in [-0.4, -0.2) is 57.6 Å². The second-order valence-corrected chi connectivity index (χ2v) is 7.21. The minimum atomic E-state index is -4.64. The molecule has 0 spiro atoms. The Labute approximate surface area is 169 Å². The maximum absolute atomic E-state index is 13.5. The van der Waals surface area contributed by atoms with Crippen LogP contribution in [0.5, 0.6) is 5.75 Å². The molecule has 2 aromatic heterocycles. The minimum Gasteiger partial charge on any atom is -0.503 e. The van der Waals surface area contributed by atoms with Crippen LogP contribution in [0.3, 0.4) is 0 Å². The van der Waals surface area contributed by atoms with Gasteiger partial charge in [-0.05, 0) is 13.0 Å². The number of aromatic amines is 1. The summed E-state index contributed by atoms with van der Waals surface area (Å²) in [5.41, 5.74) is -1.56. The van der Waals surface area contributed by atoms with Crippen LogP contribution in [0, 0.1) is 6.92 Å². The number of aromatic nitrogens is 3. The van der Waals surface area contributed by atoms with E-state index < -0.39 is 22.9 Å². The first-order valence-corrected chi connectivity index (χ1v) is 9.56. The predicted molar refractivity (Wildman–Crippen MR) is 104 cm³/mol. The highest BCUT2D eigenvalue weighted by Crippen LogP contribution is 2.38. The Bertz CT molecular complexity index is 1130. The maximum Gasteiger partial charge on any atom is 0.417 e. The number of pyridine rings is 1. The number of alkyl halides is 3. The van der Waals surface area contributed by atoms with Crippen LogP contribution in [0.25, 0.3) is 22.3 Å². The van der Waals surface area contributed by atoms with Crippen molar-refractivity contribution in [3.05, 3.63) is 45.7 Å². The molecule has 0 atom stereocenters. The van der Waals surface area contributed by atoms with Crippen LogP contribution in [0.2, 0.25) is 0 Å². The van der Waals surface area contributed by atoms with Crippen molar-refractivity contribution in [2.24, 2.45) is 0 Å². The fraction of sp³-hybridized carbons (Fsp3) is 0.400. The third kappa shape index (κ3) is 3.68. The quantitative estimate of drug-likeness (QED) is 0.676. The van der Waals surface area contributed by atoms with Gasteiger partial charge in [0.1, 0.15) is 5.65 Å². The zero-order valence-electron chi connectivity index (χ0n) is 16.3. The zero-order chi connectivity index (χ0) is 21.5. The van der Waals surface area contributed by atoms with E-state index in [1.165, 1.54) is 18.2 Å². The van der Waals surface area contributed by atoms with Gasteiger partial charge in [0.15, 0.2) is 5.75 Å². The van der Waals surface area contributed by atoms with Crippen LogP contribution in [0.4, 0.5) is 13.2 Å². The zero-order valence-corrected chi connectivity index (χ0v) is 16.3. The molecule has 0 unspecified atom stereocenters. The van der Waals surface area contributed by atoms with Crippen molar-refractivity contribution < 1.29 is 23.0 Å². The molecule has 3 aromatic rings. The number of aromatic hydroxyl groups is 1. The molecule has 1 fully saturated rings. The van der Waals surface area contributed by atoms with Crippen LogP contribution < -0.4 is 5.43 Å². The number of benzene rings is 1. The molecule has 10 heteroatoms. The van der Waals surface area contributed by atoms with Crippen LogP contribution in [0.1, 0.15) is 11.3 Å². The van der Waals surface area contributed by atoms with Crippen molar-refractivity contribution in [3.63, 3.8) is 0 Å². The van der Waals surface area contributed by atoms with Gasteiger partial charge in [0.05, 0.1) is 42.1 Å². The second kappa shape index (κ2) is 7.77. The molecule has 1 aliphatic heterocycles. The molecule has 0 saturated carbocycles. The molecular weight excluding hydrogens is 401 g/mol. The van der Waals surface area contributed by atoms with E-state index in [1.807, 2.05) is 0 Å². The van der Waals surface area contributed by atoms with Gasteiger partial charge in [-0.3, -0.25) is 9.69 Å². The van der Waals surface area contributed by atoms with E-state index >= 15 is 0 Å². The van der Waals surface area contributed by atoms with E-state index in [-0.39, 0.29) is 22.3 Å². The van der Waals surface area contributed by atoms with Crippen molar-refractivity contribution in [2.75, 3.05) is 32.8 Å². The maximum atomic E-state index is 13.5. The molecule has 0 aliphatic carbocycles. The molecule has 0 amide bonds. The summed E-state index contributed by atoms with van der Waals surface area (Å²) in [6.07, 6.45) is -4.64. The van der Waals surface area contributed by atoms with E-state index in [1.54, 1.807) is 11.6 Å². The molecule has 4 rings (SSSR count). The van der Waals surface area contributed by atoms with Crippen LogP contribution >= 0.6 is 0 Å². The molecule has 30 heavy (non-hydrogen) atoms. The number of hydrogen-bond acceptors (Lipinski definition) is 5. The molecular formula is C20H21F3N4O3. The van der Waals surface area contributed by atoms with E-state index in [9.17, 15) is 23.1 Å². The summed E-state index contributed by atoms with van der Waals surface area (Å²) in [7, 11) is 0. The highest BCUT2D eigenvalue weighted by molar-refractivity contribution is 5.85. The summed E-state index contributed by atoms with van der Waals surface area (Å²) in [6.45, 7) is 5.55. The molecule has 1 aliphatic rings. The van der Waals surface area contributed by atoms with Crippen molar-refractivity contribution in [3.8, 4) is 17.0 Å². The summed E-state index contributed by atoms with van der Waals surface area (Å²) in [5, 5.41) is 15.0. The van der Waals surface area contributed by atoms with Gasteiger partial charge in [0.25, 0.3) is 0 Å². The fourth-order valence-corrected chi connectivity index (χ4v) is 3.76. The topological polar surface area (TPSA) is 83.4 Å². The third-order valence-electron chi connectivity index (χ3n) is 5.28. The van der Waals surface area contributed by atoms with Crippen molar-refractivity contribution >= 4 is 11.0 Å².